The van der Waals surface area contributed by atoms with Crippen LogP contribution >= 0.6 is 0 Å². The van der Waals surface area contributed by atoms with Gasteiger partial charge >= 0.3 is 0 Å². The van der Waals surface area contributed by atoms with E-state index >= 15 is 0 Å². The molecule has 1 aliphatic rings. The Bertz CT molecular complexity index is 619. The molecule has 2 unspecified atom stereocenters. The minimum absolute atomic E-state index is 0.100. The van der Waals surface area contributed by atoms with E-state index in [-0.39, 0.29) is 11.9 Å². The van der Waals surface area contributed by atoms with Crippen LogP contribution in [0, 0.1) is 5.92 Å². The van der Waals surface area contributed by atoms with E-state index in [2.05, 4.69) is 11.9 Å². The van der Waals surface area contributed by atoms with Gasteiger partial charge in [0.15, 0.2) is 0 Å². The molecule has 0 saturated carbocycles. The molecule has 106 valence electrons. The molecule has 3 N–H and O–H groups in total. The van der Waals surface area contributed by atoms with Gasteiger partial charge in [-0.3, -0.25) is 4.79 Å². The number of carbonyl (C=O) groups is 1. The lowest BCUT2D eigenvalue weighted by Gasteiger charge is -2.39. The van der Waals surface area contributed by atoms with E-state index < -0.39 is 0 Å². The molecule has 0 spiro atoms. The monoisotopic (exact) mass is 271 g/mol. The Morgan fingerprint density at radius 2 is 2.30 bits per heavy atom. The lowest BCUT2D eigenvalue weighted by atomic mass is 9.90. The molecule has 3 rings (SSSR count). The van der Waals surface area contributed by atoms with Gasteiger partial charge in [0, 0.05) is 36.4 Å². The number of nitrogens with zero attached hydrogens (tertiary/aromatic N) is 1. The average molecular weight is 271 g/mol. The van der Waals surface area contributed by atoms with Crippen molar-refractivity contribution in [2.24, 2.45) is 11.7 Å². The highest BCUT2D eigenvalue weighted by Crippen LogP contribution is 2.25. The first kappa shape index (κ1) is 13.2. The molecule has 1 amide bonds. The van der Waals surface area contributed by atoms with Crippen molar-refractivity contribution in [3.8, 4) is 0 Å². The van der Waals surface area contributed by atoms with Crippen LogP contribution in [0.1, 0.15) is 30.1 Å². The largest absolute Gasteiger partial charge is 0.361 e. The Hall–Kier alpha value is -1.81. The topological polar surface area (TPSA) is 62.1 Å². The molecule has 0 bridgehead atoms. The highest BCUT2D eigenvalue weighted by atomic mass is 16.2. The number of amides is 1. The molecule has 1 fully saturated rings. The molecular formula is C16H21N3O. The van der Waals surface area contributed by atoms with Crippen LogP contribution in [0.15, 0.2) is 30.5 Å². The molecule has 1 saturated heterocycles. The standard InChI is InChI=1S/C16H21N3O/c1-11-3-2-8-19(15(11)10-17)16(20)13-5-4-12-6-7-18-14(12)9-13/h4-7,9,11,15,18H,2-3,8,10,17H2,1H3. The minimum Gasteiger partial charge on any atom is -0.361 e. The van der Waals surface area contributed by atoms with Gasteiger partial charge in [-0.15, -0.1) is 0 Å². The number of hydrogen-bond donors (Lipinski definition) is 2. The van der Waals surface area contributed by atoms with Gasteiger partial charge in [0.1, 0.15) is 0 Å². The fraction of sp³-hybridized carbons (Fsp3) is 0.438. The summed E-state index contributed by atoms with van der Waals surface area (Å²) in [6, 6.07) is 8.00. The molecule has 4 nitrogen and oxygen atoms in total. The third-order valence-corrected chi connectivity index (χ3v) is 4.42. The second-order valence-electron chi connectivity index (χ2n) is 5.70. The van der Waals surface area contributed by atoms with Crippen molar-refractivity contribution < 1.29 is 4.79 Å². The molecule has 2 atom stereocenters. The number of nitrogens with two attached hydrogens (primary N) is 1. The van der Waals surface area contributed by atoms with Crippen LogP contribution in [0.5, 0.6) is 0 Å². The van der Waals surface area contributed by atoms with Crippen molar-refractivity contribution >= 4 is 16.8 Å². The van der Waals surface area contributed by atoms with Gasteiger partial charge in [-0.2, -0.15) is 0 Å². The van der Waals surface area contributed by atoms with Crippen molar-refractivity contribution in [2.45, 2.75) is 25.8 Å². The summed E-state index contributed by atoms with van der Waals surface area (Å²) in [6.07, 6.45) is 4.11. The van der Waals surface area contributed by atoms with Crippen LogP contribution in [-0.4, -0.2) is 34.9 Å². The molecule has 0 aliphatic carbocycles. The van der Waals surface area contributed by atoms with E-state index in [9.17, 15) is 4.79 Å². The summed E-state index contributed by atoms with van der Waals surface area (Å²) in [5, 5.41) is 1.13. The number of piperidine rings is 1. The zero-order chi connectivity index (χ0) is 14.1. The molecule has 2 heterocycles. The van der Waals surface area contributed by atoms with Crippen LogP contribution in [0.25, 0.3) is 10.9 Å². The number of aromatic nitrogens is 1. The zero-order valence-corrected chi connectivity index (χ0v) is 11.8. The van der Waals surface area contributed by atoms with Crippen molar-refractivity contribution in [3.05, 3.63) is 36.0 Å². The lowest BCUT2D eigenvalue weighted by Crippen LogP contribution is -2.51. The Morgan fingerprint density at radius 3 is 3.10 bits per heavy atom. The molecule has 2 aromatic rings. The number of benzene rings is 1. The minimum atomic E-state index is 0.100. The lowest BCUT2D eigenvalue weighted by molar-refractivity contribution is 0.0532. The van der Waals surface area contributed by atoms with Crippen molar-refractivity contribution in [3.63, 3.8) is 0 Å². The van der Waals surface area contributed by atoms with Crippen LogP contribution in [0.3, 0.4) is 0 Å². The summed E-state index contributed by atoms with van der Waals surface area (Å²) >= 11 is 0. The zero-order valence-electron chi connectivity index (χ0n) is 11.8. The van der Waals surface area contributed by atoms with Crippen LogP contribution in [0.4, 0.5) is 0 Å². The number of fused-ring (bicyclic) bond motifs is 1. The summed E-state index contributed by atoms with van der Waals surface area (Å²) in [7, 11) is 0. The van der Waals surface area contributed by atoms with Crippen LogP contribution < -0.4 is 5.73 Å². The number of likely N-dealkylation sites (tertiary alicyclic amines) is 1. The maximum Gasteiger partial charge on any atom is 0.254 e. The second-order valence-corrected chi connectivity index (χ2v) is 5.70. The van der Waals surface area contributed by atoms with Gasteiger partial charge in [-0.25, -0.2) is 0 Å². The van der Waals surface area contributed by atoms with E-state index in [1.165, 1.54) is 0 Å². The highest BCUT2D eigenvalue weighted by molar-refractivity contribution is 5.98. The van der Waals surface area contributed by atoms with Crippen molar-refractivity contribution in [1.82, 2.24) is 9.88 Å². The SMILES string of the molecule is CC1CCCN(C(=O)c2ccc3cc[nH]c3c2)C1CN. The third kappa shape index (κ3) is 2.20. The Kier molecular flexibility index (Phi) is 3.49. The quantitative estimate of drug-likeness (QED) is 0.881. The molecule has 1 aliphatic heterocycles. The summed E-state index contributed by atoms with van der Waals surface area (Å²) in [5.74, 6) is 0.579. The van der Waals surface area contributed by atoms with Gasteiger partial charge in [-0.1, -0.05) is 13.0 Å². The average Bonchev–Trinajstić information content (AvgIpc) is 2.93. The number of H-pyrrole nitrogens is 1. The summed E-state index contributed by atoms with van der Waals surface area (Å²) in [6.45, 7) is 3.54. The molecule has 1 aromatic carbocycles. The first-order valence-electron chi connectivity index (χ1n) is 7.29. The fourth-order valence-corrected chi connectivity index (χ4v) is 3.21. The smallest absolute Gasteiger partial charge is 0.254 e. The van der Waals surface area contributed by atoms with Gasteiger partial charge in [-0.05, 0) is 42.3 Å². The number of rotatable bonds is 2. The summed E-state index contributed by atoms with van der Waals surface area (Å²) in [5.41, 5.74) is 7.62. The maximum absolute atomic E-state index is 12.7. The highest BCUT2D eigenvalue weighted by Gasteiger charge is 2.31. The molecular weight excluding hydrogens is 250 g/mol. The van der Waals surface area contributed by atoms with Gasteiger partial charge in [0.25, 0.3) is 5.91 Å². The number of nitrogens with one attached hydrogen (secondary N) is 1. The van der Waals surface area contributed by atoms with Crippen molar-refractivity contribution in [1.29, 1.82) is 0 Å². The van der Waals surface area contributed by atoms with E-state index in [4.69, 9.17) is 5.73 Å². The summed E-state index contributed by atoms with van der Waals surface area (Å²) in [4.78, 5) is 17.8. The van der Waals surface area contributed by atoms with Crippen molar-refractivity contribution in [2.75, 3.05) is 13.1 Å². The predicted octanol–water partition coefficient (Wildman–Crippen LogP) is 2.37. The van der Waals surface area contributed by atoms with E-state index in [1.54, 1.807) is 0 Å². The Labute approximate surface area is 118 Å². The maximum atomic E-state index is 12.7. The predicted molar refractivity (Wildman–Crippen MR) is 80.6 cm³/mol. The first-order valence-corrected chi connectivity index (χ1v) is 7.29. The van der Waals surface area contributed by atoms with Crippen LogP contribution in [-0.2, 0) is 0 Å². The van der Waals surface area contributed by atoms with E-state index in [0.29, 0.717) is 12.5 Å². The van der Waals surface area contributed by atoms with Gasteiger partial charge in [0.2, 0.25) is 0 Å². The number of aromatic amines is 1. The molecule has 1 aromatic heterocycles. The Morgan fingerprint density at radius 1 is 1.45 bits per heavy atom. The van der Waals surface area contributed by atoms with Gasteiger partial charge in [0.05, 0.1) is 0 Å². The summed E-state index contributed by atoms with van der Waals surface area (Å²) < 4.78 is 0. The number of carbonyl (C=O) groups excluding carboxylic acids is 1. The molecule has 20 heavy (non-hydrogen) atoms. The fourth-order valence-electron chi connectivity index (χ4n) is 3.21. The number of hydrogen-bond acceptors (Lipinski definition) is 2. The van der Waals surface area contributed by atoms with Gasteiger partial charge < -0.3 is 15.6 Å². The molecule has 0 radical (unpaired) electrons. The van der Waals surface area contributed by atoms with E-state index in [1.807, 2.05) is 35.4 Å². The Balaban J connectivity index is 1.90. The molecule has 4 heteroatoms. The first-order chi connectivity index (χ1) is 9.70. The normalized spacial score (nSPS) is 23.2. The van der Waals surface area contributed by atoms with Crippen LogP contribution in [0.2, 0.25) is 0 Å². The second kappa shape index (κ2) is 5.29. The third-order valence-electron chi connectivity index (χ3n) is 4.42. The van der Waals surface area contributed by atoms with E-state index in [0.717, 1.165) is 35.9 Å².